The van der Waals surface area contributed by atoms with Crippen LogP contribution < -0.4 is 0 Å². The van der Waals surface area contributed by atoms with E-state index in [1.54, 1.807) is 5.57 Å². The van der Waals surface area contributed by atoms with Gasteiger partial charge < -0.3 is 9.47 Å². The van der Waals surface area contributed by atoms with E-state index in [1.165, 1.54) is 44.1 Å². The Bertz CT molecular complexity index is 1080. The van der Waals surface area contributed by atoms with Gasteiger partial charge in [0, 0.05) is 46.1 Å². The normalized spacial score (nSPS) is 39.4. The highest BCUT2D eigenvalue weighted by Crippen LogP contribution is 2.69. The van der Waals surface area contributed by atoms with Crippen molar-refractivity contribution >= 4 is 17.8 Å². The van der Waals surface area contributed by atoms with Crippen molar-refractivity contribution in [3.05, 3.63) is 23.0 Å². The maximum Gasteiger partial charge on any atom is 0.302 e. The third-order valence-corrected chi connectivity index (χ3v) is 11.7. The van der Waals surface area contributed by atoms with Crippen molar-refractivity contribution in [2.45, 2.75) is 118 Å². The van der Waals surface area contributed by atoms with Gasteiger partial charge in [0.25, 0.3) is 0 Å². The Balaban J connectivity index is 1.27. The van der Waals surface area contributed by atoms with Crippen LogP contribution in [0.25, 0.3) is 0 Å². The SMILES string of the molecule is CC(=O)O[C@H]1CC[C@@]2(C)C(=CC[C@@H]3[C@H]4C[C@H]5OC(CC[C@H](C)CN(C(C)=O)C(C)=O)=C(C)[C@H]5[C@@]4(C)CC[C@H]32)C1. The predicted molar refractivity (Wildman–Crippen MR) is 150 cm³/mol. The van der Waals surface area contributed by atoms with Gasteiger partial charge in [0.15, 0.2) is 0 Å². The highest BCUT2D eigenvalue weighted by molar-refractivity contribution is 5.92. The monoisotopic (exact) mass is 539 g/mol. The molecule has 0 radical (unpaired) electrons. The summed E-state index contributed by atoms with van der Waals surface area (Å²) in [6.45, 7) is 14.4. The smallest absolute Gasteiger partial charge is 0.302 e. The quantitative estimate of drug-likeness (QED) is 0.281. The number of nitrogens with zero attached hydrogens (tertiary/aromatic N) is 1. The van der Waals surface area contributed by atoms with Crippen LogP contribution in [0.4, 0.5) is 0 Å². The number of ether oxygens (including phenoxy) is 2. The largest absolute Gasteiger partial charge is 0.494 e. The Kier molecular flexibility index (Phi) is 7.56. The molecular weight excluding hydrogens is 490 g/mol. The molecule has 2 amide bonds. The van der Waals surface area contributed by atoms with Crippen LogP contribution in [0.15, 0.2) is 23.0 Å². The lowest BCUT2D eigenvalue weighted by Gasteiger charge is -2.58. The molecular formula is C33H49NO5. The standard InChI is InChI=1S/C33H49NO5/c1-19(18-34(21(3)35)22(4)36)8-11-29-20(2)31-30(39-29)17-28-26-10-9-24-16-25(38-23(5)37)12-14-32(24,6)27(26)13-15-33(28,31)7/h9,19,25-28,30-31H,8,10-18H2,1-7H3/t19-,25-,26-,27+,28+,30+,31+,32-,33-/m0/s1. The number of carbonyl (C=O) groups is 3. The molecule has 0 aromatic rings. The molecule has 9 atom stereocenters. The number of imide groups is 1. The van der Waals surface area contributed by atoms with Crippen LogP contribution in [0.3, 0.4) is 0 Å². The Morgan fingerprint density at radius 1 is 1.10 bits per heavy atom. The lowest BCUT2D eigenvalue weighted by atomic mass is 9.47. The summed E-state index contributed by atoms with van der Waals surface area (Å²) in [7, 11) is 0. The van der Waals surface area contributed by atoms with Gasteiger partial charge in [-0.1, -0.05) is 32.4 Å². The average Bonchev–Trinajstić information content (AvgIpc) is 3.33. The van der Waals surface area contributed by atoms with E-state index in [9.17, 15) is 14.4 Å². The molecule has 0 aromatic carbocycles. The summed E-state index contributed by atoms with van der Waals surface area (Å²) < 4.78 is 12.4. The highest BCUT2D eigenvalue weighted by Gasteiger charge is 2.63. The first-order chi connectivity index (χ1) is 18.3. The first-order valence-corrected chi connectivity index (χ1v) is 15.4. The van der Waals surface area contributed by atoms with Crippen molar-refractivity contribution in [2.75, 3.05) is 6.54 Å². The van der Waals surface area contributed by atoms with Gasteiger partial charge in [-0.15, -0.1) is 0 Å². The van der Waals surface area contributed by atoms with Gasteiger partial charge in [-0.3, -0.25) is 19.3 Å². The van der Waals surface area contributed by atoms with E-state index in [2.05, 4.69) is 33.8 Å². The molecule has 0 aromatic heterocycles. The number of hydrogen-bond acceptors (Lipinski definition) is 5. The summed E-state index contributed by atoms with van der Waals surface area (Å²) in [6, 6.07) is 0. The van der Waals surface area contributed by atoms with Crippen LogP contribution in [0, 0.1) is 40.4 Å². The Hall–Kier alpha value is -2.11. The number of hydrogen-bond donors (Lipinski definition) is 0. The van der Waals surface area contributed by atoms with Gasteiger partial charge >= 0.3 is 5.97 Å². The molecule has 0 bridgehead atoms. The van der Waals surface area contributed by atoms with Crippen molar-refractivity contribution in [1.29, 1.82) is 0 Å². The van der Waals surface area contributed by atoms with Crippen LogP contribution in [0.1, 0.15) is 106 Å². The summed E-state index contributed by atoms with van der Waals surface area (Å²) in [6.07, 6.45) is 12.5. The summed E-state index contributed by atoms with van der Waals surface area (Å²) in [5, 5.41) is 0. The fraction of sp³-hybridized carbons (Fsp3) is 0.788. The number of esters is 1. The van der Waals surface area contributed by atoms with Gasteiger partial charge in [-0.2, -0.15) is 0 Å². The van der Waals surface area contributed by atoms with Gasteiger partial charge in [0.1, 0.15) is 12.2 Å². The number of allylic oxidation sites excluding steroid dienone is 2. The molecule has 3 saturated carbocycles. The number of amides is 2. The predicted octanol–water partition coefficient (Wildman–Crippen LogP) is 6.59. The zero-order valence-corrected chi connectivity index (χ0v) is 25.2. The zero-order chi connectivity index (χ0) is 28.3. The summed E-state index contributed by atoms with van der Waals surface area (Å²) in [5.41, 5.74) is 3.50. The summed E-state index contributed by atoms with van der Waals surface area (Å²) in [5.74, 6) is 3.48. The van der Waals surface area contributed by atoms with Crippen LogP contribution in [0.2, 0.25) is 0 Å². The Morgan fingerprint density at radius 2 is 1.82 bits per heavy atom. The third-order valence-electron chi connectivity index (χ3n) is 11.7. The third kappa shape index (κ3) is 4.88. The second kappa shape index (κ2) is 10.4. The van der Waals surface area contributed by atoms with Crippen molar-refractivity contribution in [3.63, 3.8) is 0 Å². The molecule has 1 aliphatic heterocycles. The van der Waals surface area contributed by atoms with Gasteiger partial charge in [0.05, 0.1) is 5.76 Å². The first-order valence-electron chi connectivity index (χ1n) is 15.4. The molecule has 5 rings (SSSR count). The molecule has 6 heteroatoms. The van der Waals surface area contributed by atoms with Crippen LogP contribution in [0.5, 0.6) is 0 Å². The molecule has 0 unspecified atom stereocenters. The first kappa shape index (κ1) is 28.4. The number of fused-ring (bicyclic) bond motifs is 7. The molecule has 216 valence electrons. The van der Waals surface area contributed by atoms with E-state index in [-0.39, 0.29) is 46.7 Å². The molecule has 0 spiro atoms. The van der Waals surface area contributed by atoms with Crippen molar-refractivity contribution in [3.8, 4) is 0 Å². The van der Waals surface area contributed by atoms with Crippen molar-refractivity contribution < 1.29 is 23.9 Å². The molecule has 3 fully saturated rings. The fourth-order valence-corrected chi connectivity index (χ4v) is 9.81. The van der Waals surface area contributed by atoms with E-state index < -0.39 is 0 Å². The summed E-state index contributed by atoms with van der Waals surface area (Å²) >= 11 is 0. The molecule has 1 heterocycles. The van der Waals surface area contributed by atoms with Gasteiger partial charge in [0.2, 0.25) is 11.8 Å². The molecule has 4 aliphatic carbocycles. The summed E-state index contributed by atoms with van der Waals surface area (Å²) in [4.78, 5) is 36.6. The van der Waals surface area contributed by atoms with Crippen molar-refractivity contribution in [2.24, 2.45) is 40.4 Å². The van der Waals surface area contributed by atoms with Crippen LogP contribution >= 0.6 is 0 Å². The fourth-order valence-electron chi connectivity index (χ4n) is 9.81. The average molecular weight is 540 g/mol. The Morgan fingerprint density at radius 3 is 2.49 bits per heavy atom. The van der Waals surface area contributed by atoms with Crippen molar-refractivity contribution in [1.82, 2.24) is 4.90 Å². The maximum absolute atomic E-state index is 11.8. The van der Waals surface area contributed by atoms with E-state index in [0.717, 1.165) is 50.7 Å². The number of rotatable bonds is 6. The minimum atomic E-state index is -0.179. The zero-order valence-electron chi connectivity index (χ0n) is 25.2. The molecule has 5 aliphatic rings. The van der Waals surface area contributed by atoms with E-state index >= 15 is 0 Å². The number of carbonyl (C=O) groups excluding carboxylic acids is 3. The molecule has 0 saturated heterocycles. The second-order valence-corrected chi connectivity index (χ2v) is 14.0. The van der Waals surface area contributed by atoms with E-state index in [4.69, 9.17) is 9.47 Å². The second-order valence-electron chi connectivity index (χ2n) is 14.0. The lowest BCUT2D eigenvalue weighted by Crippen LogP contribution is -2.50. The van der Waals surface area contributed by atoms with Gasteiger partial charge in [-0.05, 0) is 91.9 Å². The van der Waals surface area contributed by atoms with E-state index in [1.807, 2.05) is 0 Å². The Labute approximate surface area is 234 Å². The van der Waals surface area contributed by atoms with Gasteiger partial charge in [-0.25, -0.2) is 0 Å². The molecule has 6 nitrogen and oxygen atoms in total. The lowest BCUT2D eigenvalue weighted by molar-refractivity contribution is -0.149. The highest BCUT2D eigenvalue weighted by atomic mass is 16.5. The van der Waals surface area contributed by atoms with Crippen LogP contribution in [-0.2, 0) is 23.9 Å². The topological polar surface area (TPSA) is 72.9 Å². The van der Waals surface area contributed by atoms with Crippen LogP contribution in [-0.4, -0.2) is 41.4 Å². The minimum Gasteiger partial charge on any atom is -0.494 e. The van der Waals surface area contributed by atoms with E-state index in [0.29, 0.717) is 30.2 Å². The molecule has 0 N–H and O–H groups in total. The minimum absolute atomic E-state index is 0.0494. The maximum atomic E-state index is 11.8. The molecule has 39 heavy (non-hydrogen) atoms.